The lowest BCUT2D eigenvalue weighted by molar-refractivity contribution is -0.120. The van der Waals surface area contributed by atoms with Gasteiger partial charge in [0.1, 0.15) is 5.75 Å². The predicted octanol–water partition coefficient (Wildman–Crippen LogP) is 3.57. The molecule has 0 aliphatic carbocycles. The predicted molar refractivity (Wildman–Crippen MR) is 126 cm³/mol. The molecule has 0 atom stereocenters. The molecule has 8 heteroatoms. The van der Waals surface area contributed by atoms with Crippen molar-refractivity contribution >= 4 is 29.8 Å². The van der Waals surface area contributed by atoms with E-state index in [1.807, 2.05) is 49.4 Å². The molecular formula is C24H24N4O3S. The third-order valence-electron chi connectivity index (χ3n) is 4.41. The van der Waals surface area contributed by atoms with Crippen LogP contribution in [-0.4, -0.2) is 36.7 Å². The van der Waals surface area contributed by atoms with Gasteiger partial charge in [-0.05, 0) is 55.0 Å². The highest BCUT2D eigenvalue weighted by atomic mass is 32.2. The van der Waals surface area contributed by atoms with Crippen LogP contribution < -0.4 is 15.5 Å². The van der Waals surface area contributed by atoms with Gasteiger partial charge in [-0.1, -0.05) is 23.8 Å². The van der Waals surface area contributed by atoms with E-state index in [9.17, 15) is 9.59 Å². The second kappa shape index (κ2) is 11.7. The molecule has 2 N–H and O–H groups in total. The molecule has 0 unspecified atom stereocenters. The van der Waals surface area contributed by atoms with Gasteiger partial charge >= 0.3 is 0 Å². The van der Waals surface area contributed by atoms with E-state index in [0.29, 0.717) is 11.3 Å². The Labute approximate surface area is 191 Å². The molecule has 1 heterocycles. The van der Waals surface area contributed by atoms with Crippen molar-refractivity contribution in [3.63, 3.8) is 0 Å². The van der Waals surface area contributed by atoms with Gasteiger partial charge in [0.25, 0.3) is 11.8 Å². The summed E-state index contributed by atoms with van der Waals surface area (Å²) in [6, 6.07) is 18.6. The number of ether oxygens (including phenoxy) is 1. The largest absolute Gasteiger partial charge is 0.496 e. The number of thioether (sulfide) groups is 1. The van der Waals surface area contributed by atoms with Gasteiger partial charge in [-0.15, -0.1) is 11.8 Å². The number of pyridine rings is 1. The van der Waals surface area contributed by atoms with Gasteiger partial charge in [0.15, 0.2) is 0 Å². The lowest BCUT2D eigenvalue weighted by Crippen LogP contribution is -2.34. The molecule has 3 rings (SSSR count). The van der Waals surface area contributed by atoms with Crippen molar-refractivity contribution in [3.05, 3.63) is 89.1 Å². The Morgan fingerprint density at radius 2 is 2.00 bits per heavy atom. The zero-order valence-corrected chi connectivity index (χ0v) is 18.7. The number of aryl methyl sites for hydroxylation is 1. The van der Waals surface area contributed by atoms with E-state index >= 15 is 0 Å². The molecule has 0 aliphatic heterocycles. The third-order valence-corrected chi connectivity index (χ3v) is 5.40. The second-order valence-electron chi connectivity index (χ2n) is 6.87. The Morgan fingerprint density at radius 1 is 1.12 bits per heavy atom. The fraction of sp³-hybridized carbons (Fsp3) is 0.167. The van der Waals surface area contributed by atoms with E-state index in [1.165, 1.54) is 0 Å². The second-order valence-corrected chi connectivity index (χ2v) is 7.87. The van der Waals surface area contributed by atoms with Crippen LogP contribution in [0.2, 0.25) is 0 Å². The molecule has 164 valence electrons. The van der Waals surface area contributed by atoms with Crippen LogP contribution in [0.1, 0.15) is 27.0 Å². The van der Waals surface area contributed by atoms with E-state index < -0.39 is 5.91 Å². The molecule has 7 nitrogen and oxygen atoms in total. The normalized spacial score (nSPS) is 10.7. The standard InChI is InChI=1S/C24H24N4O3S/c1-17-6-5-7-19(12-17)24(30)26-15-22(29)28-27-14-18-9-10-21(31-2)20(13-18)16-32-23-8-3-4-11-25-23/h3-14H,15-16H2,1-2H3,(H,26,30)(H,28,29)/b27-14-. The quantitative estimate of drug-likeness (QED) is 0.297. The molecule has 32 heavy (non-hydrogen) atoms. The molecule has 0 radical (unpaired) electrons. The maximum absolute atomic E-state index is 12.1. The van der Waals surface area contributed by atoms with Crippen molar-refractivity contribution in [2.45, 2.75) is 17.7 Å². The number of nitrogens with one attached hydrogen (secondary N) is 2. The molecule has 3 aromatic rings. The van der Waals surface area contributed by atoms with Gasteiger partial charge in [0.05, 0.1) is 24.9 Å². The maximum Gasteiger partial charge on any atom is 0.259 e. The van der Waals surface area contributed by atoms with Crippen LogP contribution in [0, 0.1) is 6.92 Å². The first-order valence-electron chi connectivity index (χ1n) is 9.92. The Bertz CT molecular complexity index is 1100. The first-order valence-corrected chi connectivity index (χ1v) is 10.9. The van der Waals surface area contributed by atoms with Crippen LogP contribution in [0.5, 0.6) is 5.75 Å². The summed E-state index contributed by atoms with van der Waals surface area (Å²) >= 11 is 1.60. The average molecular weight is 449 g/mol. The summed E-state index contributed by atoms with van der Waals surface area (Å²) < 4.78 is 5.44. The van der Waals surface area contributed by atoms with Crippen LogP contribution in [0.4, 0.5) is 0 Å². The highest BCUT2D eigenvalue weighted by molar-refractivity contribution is 7.98. The van der Waals surface area contributed by atoms with Gasteiger partial charge < -0.3 is 10.1 Å². The van der Waals surface area contributed by atoms with Crippen LogP contribution in [0.25, 0.3) is 0 Å². The van der Waals surface area contributed by atoms with Gasteiger partial charge in [-0.25, -0.2) is 10.4 Å². The summed E-state index contributed by atoms with van der Waals surface area (Å²) in [7, 11) is 1.63. The van der Waals surface area contributed by atoms with Crippen molar-refractivity contribution in [2.75, 3.05) is 13.7 Å². The van der Waals surface area contributed by atoms with E-state index in [1.54, 1.807) is 49.5 Å². The van der Waals surface area contributed by atoms with Gasteiger partial charge in [-0.3, -0.25) is 9.59 Å². The lowest BCUT2D eigenvalue weighted by atomic mass is 10.1. The zero-order valence-electron chi connectivity index (χ0n) is 17.9. The number of hydrogen-bond acceptors (Lipinski definition) is 6. The highest BCUT2D eigenvalue weighted by Crippen LogP contribution is 2.27. The van der Waals surface area contributed by atoms with Crippen LogP contribution in [0.15, 0.2) is 77.0 Å². The highest BCUT2D eigenvalue weighted by Gasteiger charge is 2.08. The first kappa shape index (κ1) is 23.0. The molecule has 2 amide bonds. The van der Waals surface area contributed by atoms with E-state index in [-0.39, 0.29) is 12.5 Å². The van der Waals surface area contributed by atoms with E-state index in [2.05, 4.69) is 20.8 Å². The number of nitrogens with zero attached hydrogens (tertiary/aromatic N) is 2. The summed E-state index contributed by atoms with van der Waals surface area (Å²) in [5, 5.41) is 7.49. The smallest absolute Gasteiger partial charge is 0.259 e. The molecule has 0 aliphatic rings. The number of methoxy groups -OCH3 is 1. The molecule has 0 saturated heterocycles. The zero-order chi connectivity index (χ0) is 22.8. The fourth-order valence-corrected chi connectivity index (χ4v) is 3.68. The summed E-state index contributed by atoms with van der Waals surface area (Å²) in [5.74, 6) is 0.729. The van der Waals surface area contributed by atoms with Crippen molar-refractivity contribution in [1.82, 2.24) is 15.7 Å². The Morgan fingerprint density at radius 3 is 2.75 bits per heavy atom. The van der Waals surface area contributed by atoms with Crippen LogP contribution in [-0.2, 0) is 10.5 Å². The summed E-state index contributed by atoms with van der Waals surface area (Å²) in [4.78, 5) is 28.4. The Kier molecular flexibility index (Phi) is 8.39. The first-order chi connectivity index (χ1) is 15.5. The molecule has 0 bridgehead atoms. The monoisotopic (exact) mass is 448 g/mol. The summed E-state index contributed by atoms with van der Waals surface area (Å²) in [6.07, 6.45) is 3.31. The third kappa shape index (κ3) is 6.95. The lowest BCUT2D eigenvalue weighted by Gasteiger charge is -2.09. The Balaban J connectivity index is 1.52. The van der Waals surface area contributed by atoms with Gasteiger partial charge in [0, 0.05) is 23.1 Å². The maximum atomic E-state index is 12.1. The molecule has 1 aromatic heterocycles. The fourth-order valence-electron chi connectivity index (χ4n) is 2.84. The SMILES string of the molecule is COc1ccc(/C=N\NC(=O)CNC(=O)c2cccc(C)c2)cc1CSc1ccccn1. The minimum atomic E-state index is -0.415. The minimum absolute atomic E-state index is 0.168. The number of amides is 2. The number of carbonyl (C=O) groups excluding carboxylic acids is 2. The Hall–Kier alpha value is -3.65. The topological polar surface area (TPSA) is 92.7 Å². The van der Waals surface area contributed by atoms with Crippen molar-refractivity contribution < 1.29 is 14.3 Å². The van der Waals surface area contributed by atoms with Crippen LogP contribution >= 0.6 is 11.8 Å². The van der Waals surface area contributed by atoms with E-state index in [4.69, 9.17) is 4.74 Å². The van der Waals surface area contributed by atoms with Gasteiger partial charge in [0.2, 0.25) is 0 Å². The molecule has 0 spiro atoms. The van der Waals surface area contributed by atoms with Crippen LogP contribution in [0.3, 0.4) is 0 Å². The van der Waals surface area contributed by atoms with Crippen molar-refractivity contribution in [3.8, 4) is 5.75 Å². The molecule has 0 fully saturated rings. The number of carbonyl (C=O) groups is 2. The average Bonchev–Trinajstić information content (AvgIpc) is 2.82. The van der Waals surface area contributed by atoms with E-state index in [0.717, 1.165) is 27.5 Å². The molecule has 0 saturated carbocycles. The van der Waals surface area contributed by atoms with Gasteiger partial charge in [-0.2, -0.15) is 5.10 Å². The number of hydrogen-bond donors (Lipinski definition) is 2. The number of benzene rings is 2. The summed E-state index contributed by atoms with van der Waals surface area (Å²) in [5.41, 5.74) is 5.71. The molecular weight excluding hydrogens is 424 g/mol. The number of hydrazone groups is 1. The van der Waals surface area contributed by atoms with Crippen molar-refractivity contribution in [2.24, 2.45) is 5.10 Å². The minimum Gasteiger partial charge on any atom is -0.496 e. The summed E-state index contributed by atoms with van der Waals surface area (Å²) in [6.45, 7) is 1.73. The number of aromatic nitrogens is 1. The molecule has 2 aromatic carbocycles. The van der Waals surface area contributed by atoms with Crippen molar-refractivity contribution in [1.29, 1.82) is 0 Å². The number of rotatable bonds is 9.